The number of nitrogen functional groups attached to an aromatic ring is 1. The Balaban J connectivity index is 2.62. The second-order valence-electron chi connectivity index (χ2n) is 4.97. The van der Waals surface area contributed by atoms with Gasteiger partial charge in [-0.3, -0.25) is 0 Å². The Hall–Kier alpha value is -1.56. The van der Waals surface area contributed by atoms with Crippen molar-refractivity contribution in [3.63, 3.8) is 0 Å². The first-order valence-corrected chi connectivity index (χ1v) is 6.77. The van der Waals surface area contributed by atoms with E-state index in [-0.39, 0.29) is 0 Å². The largest absolute Gasteiger partial charge is 0.370 e. The van der Waals surface area contributed by atoms with Crippen LogP contribution in [0.2, 0.25) is 0 Å². The van der Waals surface area contributed by atoms with Gasteiger partial charge in [-0.15, -0.1) is 0 Å². The minimum Gasteiger partial charge on any atom is -0.370 e. The molecule has 0 radical (unpaired) electrons. The van der Waals surface area contributed by atoms with Gasteiger partial charge in [-0.25, -0.2) is 0 Å². The van der Waals surface area contributed by atoms with E-state index in [2.05, 4.69) is 46.1 Å². The Labute approximate surface area is 116 Å². The Kier molecular flexibility index (Phi) is 6.35. The molecule has 0 aromatic carbocycles. The second kappa shape index (κ2) is 7.78. The Morgan fingerprint density at radius 3 is 2.58 bits per heavy atom. The van der Waals surface area contributed by atoms with Crippen LogP contribution in [0.15, 0.2) is 6.07 Å². The van der Waals surface area contributed by atoms with Crippen molar-refractivity contribution in [2.24, 2.45) is 0 Å². The molecule has 0 bridgehead atoms. The van der Waals surface area contributed by atoms with E-state index < -0.39 is 0 Å². The zero-order valence-electron chi connectivity index (χ0n) is 12.5. The highest BCUT2D eigenvalue weighted by Crippen LogP contribution is 2.16. The Morgan fingerprint density at radius 1 is 1.21 bits per heavy atom. The zero-order valence-corrected chi connectivity index (χ0v) is 12.5. The van der Waals surface area contributed by atoms with Gasteiger partial charge in [0.05, 0.1) is 0 Å². The van der Waals surface area contributed by atoms with Crippen LogP contribution in [0.5, 0.6) is 0 Å². The van der Waals surface area contributed by atoms with E-state index in [4.69, 9.17) is 5.73 Å². The first kappa shape index (κ1) is 15.5. The highest BCUT2D eigenvalue weighted by Gasteiger charge is 2.06. The third-order valence-corrected chi connectivity index (χ3v) is 2.78. The molecule has 1 aromatic rings. The van der Waals surface area contributed by atoms with Crippen molar-refractivity contribution in [3.05, 3.63) is 6.07 Å². The lowest BCUT2D eigenvalue weighted by atomic mass is 10.3. The van der Waals surface area contributed by atoms with Gasteiger partial charge in [0.15, 0.2) is 0 Å². The highest BCUT2D eigenvalue weighted by molar-refractivity contribution is 5.52. The van der Waals surface area contributed by atoms with Crippen LogP contribution in [-0.2, 0) is 0 Å². The number of hydrogen-bond donors (Lipinski definition) is 2. The van der Waals surface area contributed by atoms with Crippen LogP contribution in [0.25, 0.3) is 0 Å². The molecule has 3 N–H and O–H groups in total. The lowest BCUT2D eigenvalue weighted by Crippen LogP contribution is -2.24. The van der Waals surface area contributed by atoms with Crippen LogP contribution in [0, 0.1) is 0 Å². The zero-order chi connectivity index (χ0) is 14.3. The SMILES string of the molecule is CCCNc1cc(N(C)CCCN(C)C)nc(N)n1. The van der Waals surface area contributed by atoms with Crippen LogP contribution >= 0.6 is 0 Å². The van der Waals surface area contributed by atoms with Gasteiger partial charge in [0.1, 0.15) is 11.6 Å². The molecule has 108 valence electrons. The molecule has 0 amide bonds. The van der Waals surface area contributed by atoms with Crippen molar-refractivity contribution in [2.45, 2.75) is 19.8 Å². The van der Waals surface area contributed by atoms with Gasteiger partial charge in [-0.05, 0) is 33.5 Å². The number of hydrogen-bond acceptors (Lipinski definition) is 6. The third kappa shape index (κ3) is 5.74. The molecular weight excluding hydrogens is 240 g/mol. The van der Waals surface area contributed by atoms with Crippen LogP contribution < -0.4 is 16.0 Å². The van der Waals surface area contributed by atoms with Crippen LogP contribution in [-0.4, -0.2) is 55.6 Å². The summed E-state index contributed by atoms with van der Waals surface area (Å²) >= 11 is 0. The fourth-order valence-electron chi connectivity index (χ4n) is 1.73. The number of nitrogens with zero attached hydrogens (tertiary/aromatic N) is 4. The summed E-state index contributed by atoms with van der Waals surface area (Å²) in [5.74, 6) is 1.98. The van der Waals surface area contributed by atoms with Crippen molar-refractivity contribution < 1.29 is 0 Å². The van der Waals surface area contributed by atoms with Crippen LogP contribution in [0.4, 0.5) is 17.6 Å². The Bertz CT molecular complexity index is 379. The molecule has 0 saturated carbocycles. The molecule has 0 atom stereocenters. The maximum Gasteiger partial charge on any atom is 0.223 e. The molecule has 0 aliphatic carbocycles. The molecule has 0 saturated heterocycles. The van der Waals surface area contributed by atoms with Crippen LogP contribution in [0.1, 0.15) is 19.8 Å². The molecule has 1 aromatic heterocycles. The maximum absolute atomic E-state index is 5.75. The van der Waals surface area contributed by atoms with E-state index in [1.54, 1.807) is 0 Å². The van der Waals surface area contributed by atoms with E-state index in [0.29, 0.717) is 5.95 Å². The summed E-state index contributed by atoms with van der Waals surface area (Å²) in [7, 11) is 6.19. The van der Waals surface area contributed by atoms with Gasteiger partial charge < -0.3 is 20.9 Å². The van der Waals surface area contributed by atoms with E-state index >= 15 is 0 Å². The van der Waals surface area contributed by atoms with Crippen LogP contribution in [0.3, 0.4) is 0 Å². The van der Waals surface area contributed by atoms with Crippen molar-refractivity contribution in [1.29, 1.82) is 0 Å². The van der Waals surface area contributed by atoms with E-state index in [0.717, 1.165) is 44.1 Å². The summed E-state index contributed by atoms with van der Waals surface area (Å²) < 4.78 is 0. The lowest BCUT2D eigenvalue weighted by Gasteiger charge is -2.20. The third-order valence-electron chi connectivity index (χ3n) is 2.78. The average molecular weight is 266 g/mol. The summed E-state index contributed by atoms with van der Waals surface area (Å²) in [6.45, 7) is 5.01. The normalized spacial score (nSPS) is 10.8. The number of aromatic nitrogens is 2. The number of nitrogens with one attached hydrogen (secondary N) is 1. The minimum atomic E-state index is 0.315. The predicted octanol–water partition coefficient (Wildman–Crippen LogP) is 1.27. The first-order valence-electron chi connectivity index (χ1n) is 6.77. The van der Waals surface area contributed by atoms with Gasteiger partial charge in [0, 0.05) is 26.2 Å². The summed E-state index contributed by atoms with van der Waals surface area (Å²) in [6.07, 6.45) is 2.14. The molecule has 0 fully saturated rings. The molecule has 1 rings (SSSR count). The monoisotopic (exact) mass is 266 g/mol. The molecule has 1 heterocycles. The summed E-state index contributed by atoms with van der Waals surface area (Å²) in [4.78, 5) is 12.7. The Morgan fingerprint density at radius 2 is 1.95 bits per heavy atom. The van der Waals surface area contributed by atoms with Crippen molar-refractivity contribution in [1.82, 2.24) is 14.9 Å². The molecule has 0 unspecified atom stereocenters. The predicted molar refractivity (Wildman–Crippen MR) is 81.7 cm³/mol. The van der Waals surface area contributed by atoms with Gasteiger partial charge >= 0.3 is 0 Å². The van der Waals surface area contributed by atoms with E-state index in [1.807, 2.05) is 13.1 Å². The van der Waals surface area contributed by atoms with Crippen molar-refractivity contribution in [3.8, 4) is 0 Å². The molecular formula is C13H26N6. The van der Waals surface area contributed by atoms with Gasteiger partial charge in [0.2, 0.25) is 5.95 Å². The summed E-state index contributed by atoms with van der Waals surface area (Å²) in [5.41, 5.74) is 5.75. The number of anilines is 3. The van der Waals surface area contributed by atoms with Gasteiger partial charge in [0.25, 0.3) is 0 Å². The minimum absolute atomic E-state index is 0.315. The molecule has 6 nitrogen and oxygen atoms in total. The molecule has 0 spiro atoms. The highest BCUT2D eigenvalue weighted by atomic mass is 15.2. The smallest absolute Gasteiger partial charge is 0.223 e. The molecule has 0 aliphatic heterocycles. The molecule has 19 heavy (non-hydrogen) atoms. The average Bonchev–Trinajstić information content (AvgIpc) is 2.35. The molecule has 0 aliphatic rings. The number of rotatable bonds is 8. The standard InChI is InChI=1S/C13H26N6/c1-5-7-15-11-10-12(17-13(14)16-11)19(4)9-6-8-18(2)3/h10H,5-9H2,1-4H3,(H3,14,15,16,17). The fourth-order valence-corrected chi connectivity index (χ4v) is 1.73. The topological polar surface area (TPSA) is 70.3 Å². The number of nitrogens with two attached hydrogens (primary N) is 1. The summed E-state index contributed by atoms with van der Waals surface area (Å²) in [5, 5.41) is 3.24. The van der Waals surface area contributed by atoms with Crippen molar-refractivity contribution >= 4 is 17.6 Å². The quantitative estimate of drug-likeness (QED) is 0.738. The fraction of sp³-hybridized carbons (Fsp3) is 0.692. The van der Waals surface area contributed by atoms with Gasteiger partial charge in [-0.2, -0.15) is 9.97 Å². The lowest BCUT2D eigenvalue weighted by molar-refractivity contribution is 0.401. The first-order chi connectivity index (χ1) is 9.02. The van der Waals surface area contributed by atoms with E-state index in [1.165, 1.54) is 0 Å². The molecule has 6 heteroatoms. The maximum atomic E-state index is 5.75. The van der Waals surface area contributed by atoms with E-state index in [9.17, 15) is 0 Å². The van der Waals surface area contributed by atoms with Crippen molar-refractivity contribution in [2.75, 3.05) is 56.7 Å². The van der Waals surface area contributed by atoms with Gasteiger partial charge in [-0.1, -0.05) is 6.92 Å². The second-order valence-corrected chi connectivity index (χ2v) is 4.97. The summed E-state index contributed by atoms with van der Waals surface area (Å²) in [6, 6.07) is 1.95.